The smallest absolute Gasteiger partial charge is 0.190 e. The highest BCUT2D eigenvalue weighted by Crippen LogP contribution is 2.60. The summed E-state index contributed by atoms with van der Waals surface area (Å²) in [7, 11) is 0. The van der Waals surface area contributed by atoms with Crippen LogP contribution >= 0.6 is 0 Å². The summed E-state index contributed by atoms with van der Waals surface area (Å²) in [6, 6.07) is 21.2. The zero-order valence-electron chi connectivity index (χ0n) is 32.6. The van der Waals surface area contributed by atoms with E-state index in [1.807, 2.05) is 42.5 Å². The monoisotopic (exact) mass is 814 g/mol. The molecule has 8 N–H and O–H groups in total. The molecule has 3 aromatic heterocycles. The van der Waals surface area contributed by atoms with Gasteiger partial charge in [-0.3, -0.25) is 9.59 Å². The zero-order chi connectivity index (χ0) is 42.6. The lowest BCUT2D eigenvalue weighted by molar-refractivity contribution is 0.450. The van der Waals surface area contributed by atoms with E-state index in [1.54, 1.807) is 13.8 Å². The van der Waals surface area contributed by atoms with Crippen LogP contribution in [-0.4, -0.2) is 50.6 Å². The summed E-state index contributed by atoms with van der Waals surface area (Å²) >= 11 is 0. The molecule has 0 unspecified atom stereocenters. The fourth-order valence-electron chi connectivity index (χ4n) is 9.93. The first-order valence-corrected chi connectivity index (χ1v) is 19.7. The number of fused-ring (bicyclic) bond motifs is 10. The number of benzene rings is 8. The van der Waals surface area contributed by atoms with Gasteiger partial charge in [-0.2, -0.15) is 0 Å². The van der Waals surface area contributed by atoms with Gasteiger partial charge in [0.15, 0.2) is 10.9 Å². The number of phenols is 6. The summed E-state index contributed by atoms with van der Waals surface area (Å²) in [5, 5.41) is 69.6. The van der Waals surface area contributed by atoms with Gasteiger partial charge in [0.1, 0.15) is 34.5 Å². The quantitative estimate of drug-likeness (QED) is 0.0536. The molecule has 2 aliphatic heterocycles. The number of H-pyrrole nitrogens is 2. The molecular formula is C50H30N4O8. The Hall–Kier alpha value is -8.64. The Kier molecular flexibility index (Phi) is 6.83. The van der Waals surface area contributed by atoms with Crippen molar-refractivity contribution < 1.29 is 30.6 Å². The molecule has 12 nitrogen and oxygen atoms in total. The van der Waals surface area contributed by atoms with Gasteiger partial charge in [0.25, 0.3) is 0 Å². The Morgan fingerprint density at radius 1 is 0.355 bits per heavy atom. The van der Waals surface area contributed by atoms with Crippen LogP contribution in [0.25, 0.3) is 122 Å². The summed E-state index contributed by atoms with van der Waals surface area (Å²) in [6.07, 6.45) is 8.05. The van der Waals surface area contributed by atoms with Crippen LogP contribution in [0.2, 0.25) is 0 Å². The van der Waals surface area contributed by atoms with E-state index in [1.165, 1.54) is 12.1 Å². The van der Waals surface area contributed by atoms with E-state index in [9.17, 15) is 40.2 Å². The number of aryl methyl sites for hydroxylation is 2. The lowest BCUT2D eigenvalue weighted by Crippen LogP contribution is -2.08. The Balaban J connectivity index is 0.000000147. The van der Waals surface area contributed by atoms with Crippen molar-refractivity contribution in [3.63, 3.8) is 0 Å². The van der Waals surface area contributed by atoms with Gasteiger partial charge in [-0.1, -0.05) is 0 Å². The van der Waals surface area contributed by atoms with E-state index in [0.717, 1.165) is 57.0 Å². The maximum absolute atomic E-state index is 13.4. The van der Waals surface area contributed by atoms with Crippen molar-refractivity contribution in [3.8, 4) is 34.5 Å². The van der Waals surface area contributed by atoms with Gasteiger partial charge in [0, 0.05) is 77.3 Å². The third kappa shape index (κ3) is 4.65. The number of rotatable bonds is 0. The Bertz CT molecular complexity index is 3920. The number of aromatic amines is 2. The minimum Gasteiger partial charge on any atom is -0.507 e. The zero-order valence-corrected chi connectivity index (χ0v) is 32.6. The van der Waals surface area contributed by atoms with Crippen molar-refractivity contribution in [2.45, 2.75) is 13.8 Å². The number of hydrogen-bond acceptors (Lipinski definition) is 10. The first-order valence-electron chi connectivity index (χ1n) is 19.7. The second kappa shape index (κ2) is 12.0. The van der Waals surface area contributed by atoms with Crippen LogP contribution in [0.15, 0.2) is 82.4 Å². The molecule has 0 saturated heterocycles. The Labute approximate surface area is 346 Å². The minimum atomic E-state index is -0.483. The fraction of sp³-hybridized carbons (Fsp3) is 0.0400. The summed E-state index contributed by atoms with van der Waals surface area (Å²) in [6.45, 7) is 3.47. The van der Waals surface area contributed by atoms with E-state index in [2.05, 4.69) is 50.3 Å². The molecule has 11 aromatic rings. The lowest BCUT2D eigenvalue weighted by atomic mass is 9.78. The SMILES string of the molecule is C1=Cc2cc3ccc(cc4ccc(cc5nc(cc1n2)C=C5)[nH]4)[nH]3.Cc1cc(=O)c2c(O)c3c(O)cc(O)c4c5c(O)cc(O)c6c(O)c7c(=O)cc(C)c8c1c2c(c34)c(c65)c78. The van der Waals surface area contributed by atoms with Gasteiger partial charge in [0.05, 0.1) is 44.3 Å². The standard InChI is InChI=1S/C30H16O8.C20H14N4/c1-7-3-9(31)19-23-15(7)16-8(2)4-10(32)20-24(16)28-26-18(12(34)6-14(36)22(26)30(20)38)17-11(33)5-13(35)21(29(19)37)25(17)27(23)28;1-2-14-10-16-5-6-18(23-16)12-20-8-7-19(24-20)11-17-4-3-15(22-17)9-13(1)21-14/h3-6,33-38H,1-2H3;1-12,21-22H. The molecule has 0 aliphatic carbocycles. The molecule has 0 spiro atoms. The predicted octanol–water partition coefficient (Wildman–Crippen LogP) is 9.74. The molecule has 2 aliphatic rings. The van der Waals surface area contributed by atoms with Crippen LogP contribution in [0.5, 0.6) is 34.5 Å². The van der Waals surface area contributed by atoms with Crippen molar-refractivity contribution in [2.24, 2.45) is 0 Å². The van der Waals surface area contributed by atoms with Gasteiger partial charge in [-0.15, -0.1) is 0 Å². The number of nitrogens with one attached hydrogen (secondary N) is 2. The van der Waals surface area contributed by atoms with Gasteiger partial charge < -0.3 is 40.6 Å². The van der Waals surface area contributed by atoms with Gasteiger partial charge in [-0.05, 0) is 121 Å². The van der Waals surface area contributed by atoms with Gasteiger partial charge in [-0.25, -0.2) is 9.97 Å². The van der Waals surface area contributed by atoms with Crippen molar-refractivity contribution in [1.29, 1.82) is 0 Å². The van der Waals surface area contributed by atoms with Crippen LogP contribution in [-0.2, 0) is 0 Å². The lowest BCUT2D eigenvalue weighted by Gasteiger charge is -2.25. The Morgan fingerprint density at radius 3 is 1.08 bits per heavy atom. The van der Waals surface area contributed by atoms with E-state index in [-0.39, 0.29) is 43.1 Å². The third-order valence-electron chi connectivity index (χ3n) is 12.3. The van der Waals surface area contributed by atoms with E-state index < -0.39 is 45.4 Å². The first-order chi connectivity index (χ1) is 29.8. The average Bonchev–Trinajstić information content (AvgIpc) is 4.05. The Morgan fingerprint density at radius 2 is 0.677 bits per heavy atom. The molecule has 8 aromatic carbocycles. The molecule has 12 heteroatoms. The molecule has 298 valence electrons. The highest BCUT2D eigenvalue weighted by molar-refractivity contribution is 6.52. The largest absolute Gasteiger partial charge is 0.507 e. The fourth-order valence-corrected chi connectivity index (χ4v) is 9.93. The normalized spacial score (nSPS) is 12.7. The molecule has 5 heterocycles. The van der Waals surface area contributed by atoms with Crippen molar-refractivity contribution in [1.82, 2.24) is 19.9 Å². The van der Waals surface area contributed by atoms with Gasteiger partial charge in [0.2, 0.25) is 0 Å². The summed E-state index contributed by atoms with van der Waals surface area (Å²) in [5.41, 5.74) is 8.04. The maximum atomic E-state index is 13.4. The van der Waals surface area contributed by atoms with Crippen LogP contribution in [0.3, 0.4) is 0 Å². The molecule has 0 atom stereocenters. The summed E-state index contributed by atoms with van der Waals surface area (Å²) in [5.74, 6) is -2.75. The van der Waals surface area contributed by atoms with Crippen LogP contribution < -0.4 is 10.9 Å². The number of nitrogens with zero attached hydrogens (tertiary/aromatic N) is 2. The minimum absolute atomic E-state index is 0.0431. The van der Waals surface area contributed by atoms with Crippen LogP contribution in [0.1, 0.15) is 33.9 Å². The molecule has 0 fully saturated rings. The number of aromatic nitrogens is 4. The van der Waals surface area contributed by atoms with Crippen LogP contribution in [0.4, 0.5) is 0 Å². The molecule has 8 bridgehead atoms. The predicted molar refractivity (Wildman–Crippen MR) is 245 cm³/mol. The average molecular weight is 815 g/mol. The summed E-state index contributed by atoms with van der Waals surface area (Å²) < 4.78 is 0. The molecule has 0 radical (unpaired) electrons. The highest BCUT2D eigenvalue weighted by atomic mass is 16.3. The molecule has 0 amide bonds. The molecule has 13 rings (SSSR count). The van der Waals surface area contributed by atoms with Crippen molar-refractivity contribution in [2.75, 3.05) is 0 Å². The summed E-state index contributed by atoms with van der Waals surface area (Å²) in [4.78, 5) is 42.7. The second-order valence-corrected chi connectivity index (χ2v) is 16.1. The third-order valence-corrected chi connectivity index (χ3v) is 12.3. The molecular weight excluding hydrogens is 785 g/mol. The van der Waals surface area contributed by atoms with E-state index in [4.69, 9.17) is 0 Å². The number of hydrogen-bond donors (Lipinski definition) is 8. The van der Waals surface area contributed by atoms with Gasteiger partial charge >= 0.3 is 0 Å². The van der Waals surface area contributed by atoms with E-state index in [0.29, 0.717) is 43.4 Å². The topological polar surface area (TPSA) is 213 Å². The molecule has 62 heavy (non-hydrogen) atoms. The first kappa shape index (κ1) is 35.3. The van der Waals surface area contributed by atoms with Crippen molar-refractivity contribution >= 4 is 122 Å². The maximum Gasteiger partial charge on any atom is 0.190 e. The van der Waals surface area contributed by atoms with Crippen LogP contribution in [0, 0.1) is 13.8 Å². The van der Waals surface area contributed by atoms with Crippen molar-refractivity contribution in [3.05, 3.63) is 127 Å². The molecule has 0 saturated carbocycles. The van der Waals surface area contributed by atoms with E-state index >= 15 is 0 Å². The second-order valence-electron chi connectivity index (χ2n) is 16.1. The number of phenolic OH excluding ortho intramolecular Hbond substituents is 6. The number of aromatic hydroxyl groups is 6. The highest BCUT2D eigenvalue weighted by Gasteiger charge is 2.33.